The third-order valence-corrected chi connectivity index (χ3v) is 8.95. The second-order valence-electron chi connectivity index (χ2n) is 13.7. The zero-order valence-electron chi connectivity index (χ0n) is 31.2. The molecule has 0 aromatic heterocycles. The Morgan fingerprint density at radius 1 is 0.500 bits per heavy atom. The van der Waals surface area contributed by atoms with Crippen LogP contribution in [0.2, 0.25) is 0 Å². The van der Waals surface area contributed by atoms with Gasteiger partial charge in [0.05, 0.1) is 0 Å². The highest BCUT2D eigenvalue weighted by Gasteiger charge is 2.22. The molecular formula is C42H78N2O2. The van der Waals surface area contributed by atoms with Crippen LogP contribution in [0.5, 0.6) is 0 Å². The molecule has 4 nitrogen and oxygen atoms in total. The molecule has 46 heavy (non-hydrogen) atoms. The summed E-state index contributed by atoms with van der Waals surface area (Å²) in [6.07, 6.45) is 49.8. The molecule has 1 N–H and O–H groups in total. The quantitative estimate of drug-likeness (QED) is 0.0561. The van der Waals surface area contributed by atoms with E-state index in [0.29, 0.717) is 6.54 Å². The molecule has 268 valence electrons. The lowest BCUT2D eigenvalue weighted by atomic mass is 9.98. The molecule has 0 aromatic carbocycles. The number of hydrogen-bond donors (Lipinski definition) is 1. The molecular weight excluding hydrogens is 564 g/mol. The van der Waals surface area contributed by atoms with E-state index < -0.39 is 6.09 Å². The number of carboxylic acid groups (broad SMARTS) is 1. The van der Waals surface area contributed by atoms with Crippen molar-refractivity contribution in [3.05, 3.63) is 48.6 Å². The average molecular weight is 643 g/mol. The third kappa shape index (κ3) is 32.1. The standard InChI is InChI=1S/C42H78N2O2/c1-5-7-9-11-13-15-17-19-21-23-25-27-29-31-33-35-37-41(44(42(45)46)40-39-43(3)4)38-36-34-32-30-28-26-24-22-20-18-16-14-12-10-8-6-2/h13-16,19-22,41H,5-12,17-18,23-40H2,1-4H3,(H,45,46). The maximum Gasteiger partial charge on any atom is 0.407 e. The number of allylic oxidation sites excluding steroid dienone is 8. The Morgan fingerprint density at radius 2 is 0.848 bits per heavy atom. The van der Waals surface area contributed by atoms with Gasteiger partial charge in [-0.3, -0.25) is 0 Å². The first-order valence-electron chi connectivity index (χ1n) is 19.8. The van der Waals surface area contributed by atoms with Crippen molar-refractivity contribution in [2.24, 2.45) is 0 Å². The number of unbranched alkanes of at least 4 members (excludes halogenated alkanes) is 18. The molecule has 0 radical (unpaired) electrons. The van der Waals surface area contributed by atoms with Crippen molar-refractivity contribution in [3.63, 3.8) is 0 Å². The van der Waals surface area contributed by atoms with Crippen LogP contribution in [0, 0.1) is 0 Å². The summed E-state index contributed by atoms with van der Waals surface area (Å²) in [4.78, 5) is 16.0. The van der Waals surface area contributed by atoms with Gasteiger partial charge in [-0.05, 0) is 91.1 Å². The normalized spacial score (nSPS) is 13.0. The van der Waals surface area contributed by atoms with Crippen LogP contribution in [0.15, 0.2) is 48.6 Å². The molecule has 0 atom stereocenters. The molecule has 0 fully saturated rings. The monoisotopic (exact) mass is 643 g/mol. The number of likely N-dealkylation sites (N-methyl/N-ethyl adjacent to an activating group) is 1. The lowest BCUT2D eigenvalue weighted by Gasteiger charge is -2.30. The molecule has 0 spiro atoms. The van der Waals surface area contributed by atoms with Crippen molar-refractivity contribution in [1.29, 1.82) is 0 Å². The highest BCUT2D eigenvalue weighted by atomic mass is 16.4. The van der Waals surface area contributed by atoms with Gasteiger partial charge in [0.1, 0.15) is 0 Å². The smallest absolute Gasteiger partial charge is 0.407 e. The number of amides is 1. The van der Waals surface area contributed by atoms with E-state index in [0.717, 1.165) is 45.1 Å². The van der Waals surface area contributed by atoms with E-state index in [4.69, 9.17) is 0 Å². The number of nitrogens with zero attached hydrogens (tertiary/aromatic N) is 2. The first-order valence-corrected chi connectivity index (χ1v) is 19.8. The molecule has 0 bridgehead atoms. The molecule has 0 saturated heterocycles. The first-order chi connectivity index (χ1) is 22.5. The highest BCUT2D eigenvalue weighted by molar-refractivity contribution is 5.65. The van der Waals surface area contributed by atoms with Crippen LogP contribution in [-0.4, -0.2) is 54.2 Å². The van der Waals surface area contributed by atoms with Crippen molar-refractivity contribution in [1.82, 2.24) is 9.80 Å². The first kappa shape index (κ1) is 44.2. The molecule has 0 aliphatic heterocycles. The van der Waals surface area contributed by atoms with Gasteiger partial charge in [0.15, 0.2) is 0 Å². The van der Waals surface area contributed by atoms with Crippen molar-refractivity contribution in [2.45, 2.75) is 187 Å². The summed E-state index contributed by atoms with van der Waals surface area (Å²) in [5.41, 5.74) is 0. The Balaban J connectivity index is 4.15. The fourth-order valence-corrected chi connectivity index (χ4v) is 5.93. The Bertz CT molecular complexity index is 707. The van der Waals surface area contributed by atoms with Crippen LogP contribution in [0.3, 0.4) is 0 Å². The van der Waals surface area contributed by atoms with E-state index >= 15 is 0 Å². The van der Waals surface area contributed by atoms with Crippen molar-refractivity contribution in [3.8, 4) is 0 Å². The Hall–Kier alpha value is -1.81. The molecule has 1 amide bonds. The van der Waals surface area contributed by atoms with Crippen LogP contribution in [0.4, 0.5) is 4.79 Å². The molecule has 4 heteroatoms. The second kappa shape index (κ2) is 36.0. The lowest BCUT2D eigenvalue weighted by molar-refractivity contribution is 0.111. The van der Waals surface area contributed by atoms with Gasteiger partial charge in [0.25, 0.3) is 0 Å². The zero-order chi connectivity index (χ0) is 33.8. The van der Waals surface area contributed by atoms with Gasteiger partial charge in [-0.2, -0.15) is 0 Å². The molecule has 0 aliphatic rings. The summed E-state index contributed by atoms with van der Waals surface area (Å²) in [7, 11) is 4.06. The predicted molar refractivity (Wildman–Crippen MR) is 205 cm³/mol. The molecule has 0 heterocycles. The van der Waals surface area contributed by atoms with Crippen LogP contribution < -0.4 is 0 Å². The van der Waals surface area contributed by atoms with Crippen LogP contribution in [0.1, 0.15) is 181 Å². The number of carbonyl (C=O) groups is 1. The molecule has 0 unspecified atom stereocenters. The Labute approximate surface area is 287 Å². The average Bonchev–Trinajstić information content (AvgIpc) is 3.03. The van der Waals surface area contributed by atoms with Gasteiger partial charge in [0.2, 0.25) is 0 Å². The largest absolute Gasteiger partial charge is 0.465 e. The van der Waals surface area contributed by atoms with Crippen molar-refractivity contribution in [2.75, 3.05) is 27.2 Å². The minimum absolute atomic E-state index is 0.161. The topological polar surface area (TPSA) is 43.8 Å². The lowest BCUT2D eigenvalue weighted by Crippen LogP contribution is -2.43. The zero-order valence-corrected chi connectivity index (χ0v) is 31.2. The number of hydrogen-bond acceptors (Lipinski definition) is 2. The summed E-state index contributed by atoms with van der Waals surface area (Å²) in [6.45, 7) is 5.91. The maximum atomic E-state index is 12.2. The van der Waals surface area contributed by atoms with Crippen LogP contribution in [0.25, 0.3) is 0 Å². The maximum absolute atomic E-state index is 12.2. The van der Waals surface area contributed by atoms with Gasteiger partial charge < -0.3 is 14.9 Å². The summed E-state index contributed by atoms with van der Waals surface area (Å²) in [5, 5.41) is 10.0. The predicted octanol–water partition coefficient (Wildman–Crippen LogP) is 13.3. The fraction of sp³-hybridized carbons (Fsp3) is 0.786. The summed E-state index contributed by atoms with van der Waals surface area (Å²) >= 11 is 0. The second-order valence-corrected chi connectivity index (χ2v) is 13.7. The summed E-state index contributed by atoms with van der Waals surface area (Å²) < 4.78 is 0. The van der Waals surface area contributed by atoms with E-state index in [1.807, 2.05) is 14.1 Å². The summed E-state index contributed by atoms with van der Waals surface area (Å²) in [5.74, 6) is 0. The van der Waals surface area contributed by atoms with E-state index in [1.54, 1.807) is 4.90 Å². The third-order valence-electron chi connectivity index (χ3n) is 8.95. The van der Waals surface area contributed by atoms with Gasteiger partial charge in [-0.15, -0.1) is 0 Å². The van der Waals surface area contributed by atoms with Crippen LogP contribution in [-0.2, 0) is 0 Å². The van der Waals surface area contributed by atoms with Gasteiger partial charge in [-0.25, -0.2) is 4.79 Å². The van der Waals surface area contributed by atoms with E-state index in [1.165, 1.54) is 128 Å². The number of rotatable bonds is 34. The van der Waals surface area contributed by atoms with Gasteiger partial charge in [-0.1, -0.05) is 152 Å². The SMILES string of the molecule is CCCCCC=CCC=CCCCCCCCCC(CCCCCCCCC=CCC=CCCCCC)N(CCN(C)C)C(=O)O. The fourth-order valence-electron chi connectivity index (χ4n) is 5.93. The highest BCUT2D eigenvalue weighted by Crippen LogP contribution is 2.20. The van der Waals surface area contributed by atoms with Gasteiger partial charge >= 0.3 is 6.09 Å². The van der Waals surface area contributed by atoms with E-state index in [-0.39, 0.29) is 6.04 Å². The van der Waals surface area contributed by atoms with E-state index in [2.05, 4.69) is 67.4 Å². The van der Waals surface area contributed by atoms with Gasteiger partial charge in [0, 0.05) is 19.1 Å². The van der Waals surface area contributed by atoms with Crippen molar-refractivity contribution >= 4 is 6.09 Å². The van der Waals surface area contributed by atoms with Crippen LogP contribution >= 0.6 is 0 Å². The van der Waals surface area contributed by atoms with E-state index in [9.17, 15) is 9.90 Å². The Kier molecular flexibility index (Phi) is 34.6. The minimum atomic E-state index is -0.744. The molecule has 0 aromatic rings. The molecule has 0 saturated carbocycles. The molecule has 0 rings (SSSR count). The molecule has 0 aliphatic carbocycles. The van der Waals surface area contributed by atoms with Crippen molar-refractivity contribution < 1.29 is 9.90 Å². The Morgan fingerprint density at radius 3 is 1.20 bits per heavy atom. The summed E-state index contributed by atoms with van der Waals surface area (Å²) in [6, 6.07) is 0.161. The minimum Gasteiger partial charge on any atom is -0.465 e.